The van der Waals surface area contributed by atoms with Crippen molar-refractivity contribution in [2.45, 2.75) is 39.3 Å². The van der Waals surface area contributed by atoms with E-state index in [-0.39, 0.29) is 29.4 Å². The van der Waals surface area contributed by atoms with Gasteiger partial charge in [-0.1, -0.05) is 25.4 Å². The molecule has 1 N–H and O–H groups in total. The van der Waals surface area contributed by atoms with E-state index >= 15 is 0 Å². The van der Waals surface area contributed by atoms with Crippen molar-refractivity contribution < 1.29 is 9.53 Å². The lowest BCUT2D eigenvalue weighted by Crippen LogP contribution is -2.38. The average Bonchev–Trinajstić information content (AvgIpc) is 2.40. The zero-order valence-corrected chi connectivity index (χ0v) is 12.0. The molecule has 0 spiro atoms. The lowest BCUT2D eigenvalue weighted by atomic mass is 10.2. The summed E-state index contributed by atoms with van der Waals surface area (Å²) in [6.45, 7) is 3.89. The summed E-state index contributed by atoms with van der Waals surface area (Å²) in [6, 6.07) is 0.116. The molecule has 1 aromatic rings. The fourth-order valence-corrected chi connectivity index (χ4v) is 1.86. The molecule has 0 fully saturated rings. The summed E-state index contributed by atoms with van der Waals surface area (Å²) in [7, 11) is 1.33. The van der Waals surface area contributed by atoms with Gasteiger partial charge in [-0.2, -0.15) is 0 Å². The molecule has 0 saturated heterocycles. The van der Waals surface area contributed by atoms with Crippen molar-refractivity contribution in [1.82, 2.24) is 14.9 Å². The molecule has 1 rings (SSSR count). The number of hydrogen-bond donors (Lipinski definition) is 1. The van der Waals surface area contributed by atoms with Crippen LogP contribution >= 0.6 is 11.6 Å². The Hall–Kier alpha value is -1.56. The molecule has 0 aliphatic rings. The number of rotatable bonds is 6. The van der Waals surface area contributed by atoms with Crippen LogP contribution in [0.4, 0.5) is 0 Å². The Kier molecular flexibility index (Phi) is 5.82. The molecule has 0 atom stereocenters. The molecule has 1 amide bonds. The Morgan fingerprint density at radius 2 is 2.16 bits per heavy atom. The third-order valence-corrected chi connectivity index (χ3v) is 3.09. The smallest absolute Gasteiger partial charge is 0.297 e. The number of amides is 1. The number of ether oxygens (including phenoxy) is 1. The SMILES string of the molecule is CCC(CC)NC(=O)Cn1cnc(Cl)c(OC)c1=O. The van der Waals surface area contributed by atoms with E-state index in [2.05, 4.69) is 10.3 Å². The van der Waals surface area contributed by atoms with Crippen LogP contribution in [0.5, 0.6) is 5.75 Å². The first kappa shape index (κ1) is 15.5. The lowest BCUT2D eigenvalue weighted by Gasteiger charge is -2.15. The van der Waals surface area contributed by atoms with Gasteiger partial charge in [0.2, 0.25) is 11.7 Å². The molecule has 7 heteroatoms. The number of carbonyl (C=O) groups is 1. The average molecular weight is 288 g/mol. The van der Waals surface area contributed by atoms with Gasteiger partial charge in [0.05, 0.1) is 13.4 Å². The highest BCUT2D eigenvalue weighted by Gasteiger charge is 2.14. The second-order valence-electron chi connectivity index (χ2n) is 4.08. The van der Waals surface area contributed by atoms with Gasteiger partial charge < -0.3 is 10.1 Å². The largest absolute Gasteiger partial charge is 0.489 e. The van der Waals surface area contributed by atoms with Gasteiger partial charge in [-0.15, -0.1) is 0 Å². The number of hydrogen-bond acceptors (Lipinski definition) is 4. The summed E-state index contributed by atoms with van der Waals surface area (Å²) in [5.41, 5.74) is -0.470. The monoisotopic (exact) mass is 287 g/mol. The predicted molar refractivity (Wildman–Crippen MR) is 72.6 cm³/mol. The highest BCUT2D eigenvalue weighted by atomic mass is 35.5. The molecule has 1 aromatic heterocycles. The Morgan fingerprint density at radius 3 is 2.68 bits per heavy atom. The van der Waals surface area contributed by atoms with Crippen LogP contribution in [0.2, 0.25) is 5.15 Å². The summed E-state index contributed by atoms with van der Waals surface area (Å²) in [6.07, 6.45) is 2.93. The van der Waals surface area contributed by atoms with Crippen molar-refractivity contribution in [3.05, 3.63) is 21.8 Å². The van der Waals surface area contributed by atoms with E-state index in [9.17, 15) is 9.59 Å². The number of nitrogens with zero attached hydrogens (tertiary/aromatic N) is 2. The van der Waals surface area contributed by atoms with Crippen molar-refractivity contribution in [3.63, 3.8) is 0 Å². The van der Waals surface area contributed by atoms with Crippen molar-refractivity contribution in [3.8, 4) is 5.75 Å². The van der Waals surface area contributed by atoms with Crippen LogP contribution in [0.3, 0.4) is 0 Å². The second kappa shape index (κ2) is 7.13. The van der Waals surface area contributed by atoms with Crippen molar-refractivity contribution in [2.75, 3.05) is 7.11 Å². The Labute approximate surface area is 116 Å². The zero-order valence-electron chi connectivity index (χ0n) is 11.3. The van der Waals surface area contributed by atoms with Gasteiger partial charge in [-0.3, -0.25) is 14.2 Å². The first-order valence-electron chi connectivity index (χ1n) is 6.11. The first-order valence-corrected chi connectivity index (χ1v) is 6.49. The third kappa shape index (κ3) is 3.96. The normalized spacial score (nSPS) is 10.6. The standard InChI is InChI=1S/C12H18ClN3O3/c1-4-8(5-2)15-9(17)6-16-7-14-11(13)10(19-3)12(16)18/h7-8H,4-6H2,1-3H3,(H,15,17). The fourth-order valence-electron chi connectivity index (χ4n) is 1.66. The molecule has 19 heavy (non-hydrogen) atoms. The van der Waals surface area contributed by atoms with E-state index in [0.29, 0.717) is 0 Å². The van der Waals surface area contributed by atoms with E-state index < -0.39 is 5.56 Å². The highest BCUT2D eigenvalue weighted by molar-refractivity contribution is 6.30. The van der Waals surface area contributed by atoms with Gasteiger partial charge in [0.25, 0.3) is 5.56 Å². The van der Waals surface area contributed by atoms with E-state index in [1.54, 1.807) is 0 Å². The number of carbonyl (C=O) groups excluding carboxylic acids is 1. The lowest BCUT2D eigenvalue weighted by molar-refractivity contribution is -0.122. The summed E-state index contributed by atoms with van der Waals surface area (Å²) >= 11 is 5.72. The number of nitrogens with one attached hydrogen (secondary N) is 1. The first-order chi connectivity index (χ1) is 9.03. The summed E-state index contributed by atoms with van der Waals surface area (Å²) in [5, 5.41) is 2.83. The maximum absolute atomic E-state index is 11.9. The molecule has 106 valence electrons. The van der Waals surface area contributed by atoms with Crippen LogP contribution in [0.1, 0.15) is 26.7 Å². The van der Waals surface area contributed by atoms with E-state index in [4.69, 9.17) is 16.3 Å². The zero-order chi connectivity index (χ0) is 14.4. The van der Waals surface area contributed by atoms with Gasteiger partial charge in [0.15, 0.2) is 5.15 Å². The number of methoxy groups -OCH3 is 1. The van der Waals surface area contributed by atoms with Crippen LogP contribution in [0.15, 0.2) is 11.1 Å². The number of aromatic nitrogens is 2. The van der Waals surface area contributed by atoms with Crippen LogP contribution < -0.4 is 15.6 Å². The quantitative estimate of drug-likeness (QED) is 0.798. The molecule has 6 nitrogen and oxygen atoms in total. The van der Waals surface area contributed by atoms with E-state index in [0.717, 1.165) is 12.8 Å². The summed E-state index contributed by atoms with van der Waals surface area (Å²) in [4.78, 5) is 27.5. The van der Waals surface area contributed by atoms with Crippen LogP contribution in [-0.2, 0) is 11.3 Å². The maximum Gasteiger partial charge on any atom is 0.297 e. The van der Waals surface area contributed by atoms with Crippen molar-refractivity contribution in [1.29, 1.82) is 0 Å². The molecule has 0 bridgehead atoms. The van der Waals surface area contributed by atoms with Crippen molar-refractivity contribution in [2.24, 2.45) is 0 Å². The predicted octanol–water partition coefficient (Wildman–Crippen LogP) is 1.21. The molecule has 1 heterocycles. The van der Waals surface area contributed by atoms with E-state index in [1.807, 2.05) is 13.8 Å². The topological polar surface area (TPSA) is 73.2 Å². The van der Waals surface area contributed by atoms with Crippen LogP contribution in [0.25, 0.3) is 0 Å². The van der Waals surface area contributed by atoms with Crippen LogP contribution in [0, 0.1) is 0 Å². The summed E-state index contributed by atoms with van der Waals surface area (Å²) < 4.78 is 6.03. The Bertz CT molecular complexity index is 497. The fraction of sp³-hybridized carbons (Fsp3) is 0.583. The molecule has 0 aliphatic heterocycles. The Balaban J connectivity index is 2.83. The third-order valence-electron chi connectivity index (χ3n) is 2.82. The molecule has 0 aromatic carbocycles. The summed E-state index contributed by atoms with van der Waals surface area (Å²) in [5.74, 6) is -0.290. The molecular formula is C12H18ClN3O3. The van der Waals surface area contributed by atoms with E-state index in [1.165, 1.54) is 18.0 Å². The van der Waals surface area contributed by atoms with Crippen molar-refractivity contribution >= 4 is 17.5 Å². The van der Waals surface area contributed by atoms with Crippen LogP contribution in [-0.4, -0.2) is 28.6 Å². The molecule has 0 radical (unpaired) electrons. The minimum absolute atomic E-state index is 0.0100. The molecular weight excluding hydrogens is 270 g/mol. The van der Waals surface area contributed by atoms with Gasteiger partial charge in [0.1, 0.15) is 6.54 Å². The van der Waals surface area contributed by atoms with Gasteiger partial charge in [-0.05, 0) is 12.8 Å². The molecule has 0 saturated carbocycles. The van der Waals surface area contributed by atoms with Gasteiger partial charge in [0, 0.05) is 6.04 Å². The van der Waals surface area contributed by atoms with Gasteiger partial charge >= 0.3 is 0 Å². The maximum atomic E-state index is 11.9. The Morgan fingerprint density at radius 1 is 1.53 bits per heavy atom. The van der Waals surface area contributed by atoms with Gasteiger partial charge in [-0.25, -0.2) is 4.98 Å². The minimum Gasteiger partial charge on any atom is -0.489 e. The number of halogens is 1. The molecule has 0 aliphatic carbocycles. The molecule has 0 unspecified atom stereocenters. The minimum atomic E-state index is -0.470. The second-order valence-corrected chi connectivity index (χ2v) is 4.44. The highest BCUT2D eigenvalue weighted by Crippen LogP contribution is 2.14.